The van der Waals surface area contributed by atoms with Crippen LogP contribution in [0, 0.1) is 24.7 Å². The lowest BCUT2D eigenvalue weighted by atomic mass is 9.97. The first-order chi connectivity index (χ1) is 11.2. The molecule has 0 saturated carbocycles. The fraction of sp³-hybridized carbons (Fsp3) is 0.588. The highest BCUT2D eigenvalue weighted by Gasteiger charge is 2.26. The number of rotatable bonds is 0. The van der Waals surface area contributed by atoms with E-state index >= 15 is 0 Å². The number of nitrogen functional groups attached to an aromatic ring is 1. The summed E-state index contributed by atoms with van der Waals surface area (Å²) in [7, 11) is 0. The molecular weight excluding hydrogens is 328 g/mol. The van der Waals surface area contributed by atoms with Crippen molar-refractivity contribution in [3.8, 4) is 11.8 Å². The lowest BCUT2D eigenvalue weighted by Crippen LogP contribution is -2.41. The van der Waals surface area contributed by atoms with Gasteiger partial charge in [-0.3, -0.25) is 0 Å². The van der Waals surface area contributed by atoms with Gasteiger partial charge in [-0.2, -0.15) is 4.98 Å². The molecule has 0 aliphatic carbocycles. The maximum atomic E-state index is 12.0. The van der Waals surface area contributed by atoms with Gasteiger partial charge in [0.15, 0.2) is 0 Å². The number of carbonyl (C=O) groups excluding carboxylic acids is 1. The molecule has 2 heterocycles. The number of carbonyl (C=O) groups is 1. The summed E-state index contributed by atoms with van der Waals surface area (Å²) in [6.07, 6.45) is 1.35. The zero-order chi connectivity index (χ0) is 17.9. The maximum absolute atomic E-state index is 12.0. The maximum Gasteiger partial charge on any atom is 0.410 e. The Hall–Kier alpha value is -2.00. The molecule has 1 aliphatic heterocycles. The molecular formula is C17H23ClN4O2. The van der Waals surface area contributed by atoms with Crippen molar-refractivity contribution in [2.75, 3.05) is 18.8 Å². The van der Waals surface area contributed by atoms with Crippen molar-refractivity contribution in [1.29, 1.82) is 0 Å². The molecule has 1 aromatic heterocycles. The van der Waals surface area contributed by atoms with Crippen molar-refractivity contribution in [1.82, 2.24) is 14.9 Å². The molecule has 0 spiro atoms. The molecule has 1 aliphatic rings. The van der Waals surface area contributed by atoms with Crippen LogP contribution < -0.4 is 5.73 Å². The van der Waals surface area contributed by atoms with Crippen molar-refractivity contribution in [2.24, 2.45) is 5.92 Å². The Morgan fingerprint density at radius 1 is 1.33 bits per heavy atom. The van der Waals surface area contributed by atoms with E-state index in [-0.39, 0.29) is 17.3 Å². The second kappa shape index (κ2) is 7.27. The van der Waals surface area contributed by atoms with Crippen molar-refractivity contribution in [3.63, 3.8) is 0 Å². The number of hydrogen-bond acceptors (Lipinski definition) is 5. The number of nitrogens with two attached hydrogens (primary N) is 1. The van der Waals surface area contributed by atoms with E-state index in [1.807, 2.05) is 20.8 Å². The minimum absolute atomic E-state index is 0.126. The first-order valence-electron chi connectivity index (χ1n) is 7.95. The fourth-order valence-corrected chi connectivity index (χ4v) is 2.64. The number of nitrogens with zero attached hydrogens (tertiary/aromatic N) is 3. The topological polar surface area (TPSA) is 81.3 Å². The van der Waals surface area contributed by atoms with Crippen LogP contribution in [-0.2, 0) is 4.74 Å². The summed E-state index contributed by atoms with van der Waals surface area (Å²) in [5.74, 6) is 6.79. The third-order valence-corrected chi connectivity index (χ3v) is 3.81. The normalized spacial score (nSPS) is 15.6. The molecule has 1 saturated heterocycles. The van der Waals surface area contributed by atoms with Gasteiger partial charge in [-0.25, -0.2) is 9.78 Å². The van der Waals surface area contributed by atoms with Crippen LogP contribution in [0.5, 0.6) is 0 Å². The number of aromatic nitrogens is 2. The number of amides is 1. The van der Waals surface area contributed by atoms with E-state index in [1.54, 1.807) is 11.8 Å². The molecule has 0 unspecified atom stereocenters. The van der Waals surface area contributed by atoms with E-state index in [2.05, 4.69) is 21.8 Å². The molecule has 1 fully saturated rings. The lowest BCUT2D eigenvalue weighted by molar-refractivity contribution is 0.0199. The van der Waals surface area contributed by atoms with Gasteiger partial charge in [-0.1, -0.05) is 11.8 Å². The summed E-state index contributed by atoms with van der Waals surface area (Å²) in [5, 5.41) is 0.126. The second-order valence-corrected chi connectivity index (χ2v) is 7.19. The number of aryl methyl sites for hydroxylation is 1. The van der Waals surface area contributed by atoms with Gasteiger partial charge in [-0.05, 0) is 52.1 Å². The Bertz CT molecular complexity index is 657. The largest absolute Gasteiger partial charge is 0.444 e. The van der Waals surface area contributed by atoms with Crippen LogP contribution in [0.4, 0.5) is 10.6 Å². The second-order valence-electron chi connectivity index (χ2n) is 6.85. The van der Waals surface area contributed by atoms with Crippen LogP contribution in [-0.4, -0.2) is 39.7 Å². The Kier molecular flexibility index (Phi) is 5.55. The Morgan fingerprint density at radius 2 is 1.96 bits per heavy atom. The summed E-state index contributed by atoms with van der Waals surface area (Å²) in [5.41, 5.74) is 6.67. The van der Waals surface area contributed by atoms with Crippen LogP contribution in [0.25, 0.3) is 0 Å². The molecule has 0 radical (unpaired) electrons. The van der Waals surface area contributed by atoms with Crippen LogP contribution in [0.2, 0.25) is 5.28 Å². The van der Waals surface area contributed by atoms with Crippen LogP contribution in [0.15, 0.2) is 0 Å². The average Bonchev–Trinajstić information content (AvgIpc) is 2.45. The molecule has 24 heavy (non-hydrogen) atoms. The summed E-state index contributed by atoms with van der Waals surface area (Å²) in [4.78, 5) is 21.8. The molecule has 6 nitrogen and oxygen atoms in total. The first-order valence-corrected chi connectivity index (χ1v) is 8.32. The van der Waals surface area contributed by atoms with Crippen molar-refractivity contribution in [2.45, 2.75) is 46.1 Å². The summed E-state index contributed by atoms with van der Waals surface area (Å²) in [6.45, 7) is 8.68. The van der Waals surface area contributed by atoms with Crippen LogP contribution in [0.3, 0.4) is 0 Å². The number of likely N-dealkylation sites (tertiary alicyclic amines) is 1. The van der Waals surface area contributed by atoms with Gasteiger partial charge in [0.25, 0.3) is 0 Å². The van der Waals surface area contributed by atoms with Crippen LogP contribution in [0.1, 0.15) is 44.9 Å². The average molecular weight is 351 g/mol. The van der Waals surface area contributed by atoms with Crippen molar-refractivity contribution in [3.05, 3.63) is 16.5 Å². The van der Waals surface area contributed by atoms with E-state index in [9.17, 15) is 4.79 Å². The molecule has 0 bridgehead atoms. The smallest absolute Gasteiger partial charge is 0.410 e. The first kappa shape index (κ1) is 18.3. The van der Waals surface area contributed by atoms with Gasteiger partial charge < -0.3 is 15.4 Å². The third kappa shape index (κ3) is 5.00. The zero-order valence-electron chi connectivity index (χ0n) is 14.5. The van der Waals surface area contributed by atoms with Gasteiger partial charge in [0, 0.05) is 19.0 Å². The van der Waals surface area contributed by atoms with Gasteiger partial charge >= 0.3 is 6.09 Å². The molecule has 2 N–H and O–H groups in total. The van der Waals surface area contributed by atoms with Crippen LogP contribution >= 0.6 is 11.6 Å². The highest BCUT2D eigenvalue weighted by molar-refractivity contribution is 6.28. The number of anilines is 1. The van der Waals surface area contributed by atoms with Crippen molar-refractivity contribution < 1.29 is 9.53 Å². The van der Waals surface area contributed by atoms with E-state index in [0.717, 1.165) is 12.8 Å². The molecule has 0 atom stereocenters. The number of hydrogen-bond donors (Lipinski definition) is 1. The lowest BCUT2D eigenvalue weighted by Gasteiger charge is -2.31. The summed E-state index contributed by atoms with van der Waals surface area (Å²) < 4.78 is 5.39. The fourth-order valence-electron chi connectivity index (χ4n) is 2.42. The molecule has 7 heteroatoms. The third-order valence-electron chi connectivity index (χ3n) is 3.64. The van der Waals surface area contributed by atoms with Gasteiger partial charge in [0.2, 0.25) is 5.28 Å². The quantitative estimate of drug-likeness (QED) is 0.574. The predicted octanol–water partition coefficient (Wildman–Crippen LogP) is 3.02. The zero-order valence-corrected chi connectivity index (χ0v) is 15.3. The number of halogens is 1. The van der Waals surface area contributed by atoms with E-state index in [0.29, 0.717) is 30.2 Å². The SMILES string of the molecule is Cc1nc(Cl)nc(N)c1C#CC1CCN(C(=O)OC(C)(C)C)CC1. The molecule has 1 amide bonds. The Morgan fingerprint density at radius 3 is 2.50 bits per heavy atom. The molecule has 1 aromatic rings. The van der Waals surface area contributed by atoms with E-state index in [4.69, 9.17) is 22.1 Å². The monoisotopic (exact) mass is 350 g/mol. The predicted molar refractivity (Wildman–Crippen MR) is 93.6 cm³/mol. The molecule has 130 valence electrons. The Labute approximate surface area is 147 Å². The van der Waals surface area contributed by atoms with E-state index < -0.39 is 5.60 Å². The van der Waals surface area contributed by atoms with Gasteiger partial charge in [-0.15, -0.1) is 0 Å². The van der Waals surface area contributed by atoms with Gasteiger partial charge in [0.05, 0.1) is 11.3 Å². The summed E-state index contributed by atoms with van der Waals surface area (Å²) >= 11 is 5.76. The number of piperidine rings is 1. The van der Waals surface area contributed by atoms with Gasteiger partial charge in [0.1, 0.15) is 11.4 Å². The number of ether oxygens (including phenoxy) is 1. The molecule has 0 aromatic carbocycles. The standard InChI is InChI=1S/C17H23ClN4O2/c1-11-13(14(19)21-15(18)20-11)6-5-12-7-9-22(10-8-12)16(23)24-17(2,3)4/h12H,7-10H2,1-4H3,(H2,19,20,21). The Balaban J connectivity index is 1.96. The van der Waals surface area contributed by atoms with E-state index in [1.165, 1.54) is 0 Å². The molecule has 2 rings (SSSR count). The highest BCUT2D eigenvalue weighted by atomic mass is 35.5. The van der Waals surface area contributed by atoms with Crippen molar-refractivity contribution >= 4 is 23.5 Å². The minimum Gasteiger partial charge on any atom is -0.444 e. The minimum atomic E-state index is -0.475. The highest BCUT2D eigenvalue weighted by Crippen LogP contribution is 2.20. The summed E-state index contributed by atoms with van der Waals surface area (Å²) in [6, 6.07) is 0.